The highest BCUT2D eigenvalue weighted by Gasteiger charge is 2.06. The van der Waals surface area contributed by atoms with Crippen LogP contribution in [0.15, 0.2) is 30.3 Å². The molecule has 2 aromatic rings. The lowest BCUT2D eigenvalue weighted by Gasteiger charge is -2.07. The molecule has 0 amide bonds. The maximum absolute atomic E-state index is 13.5. The smallest absolute Gasteiger partial charge is 0.129 e. The van der Waals surface area contributed by atoms with Crippen molar-refractivity contribution in [2.24, 2.45) is 0 Å². The van der Waals surface area contributed by atoms with Gasteiger partial charge in [-0.2, -0.15) is 0 Å². The molecule has 1 N–H and O–H groups in total. The third kappa shape index (κ3) is 3.69. The number of hydrogen-bond acceptors (Lipinski definition) is 2. The molecule has 1 aromatic carbocycles. The Morgan fingerprint density at radius 1 is 1.17 bits per heavy atom. The van der Waals surface area contributed by atoms with Gasteiger partial charge in [-0.1, -0.05) is 29.3 Å². The van der Waals surface area contributed by atoms with Gasteiger partial charge in [0.15, 0.2) is 0 Å². The SMILES string of the molecule is Fc1cccc(Cl)c1CNCCc1ccc(Cl)s1. The molecule has 0 unspecified atom stereocenters. The lowest BCUT2D eigenvalue weighted by atomic mass is 10.2. The number of rotatable bonds is 5. The van der Waals surface area contributed by atoms with Crippen molar-refractivity contribution in [3.8, 4) is 0 Å². The van der Waals surface area contributed by atoms with Crippen LogP contribution in [0.5, 0.6) is 0 Å². The molecular weight excluding hydrogens is 292 g/mol. The summed E-state index contributed by atoms with van der Waals surface area (Å²) in [5.74, 6) is -0.269. The number of nitrogens with one attached hydrogen (secondary N) is 1. The summed E-state index contributed by atoms with van der Waals surface area (Å²) in [7, 11) is 0. The Hall–Kier alpha value is -0.610. The first-order chi connectivity index (χ1) is 8.66. The van der Waals surface area contributed by atoms with Crippen molar-refractivity contribution in [2.45, 2.75) is 13.0 Å². The van der Waals surface area contributed by atoms with Crippen molar-refractivity contribution < 1.29 is 4.39 Å². The molecule has 18 heavy (non-hydrogen) atoms. The molecule has 0 aliphatic carbocycles. The topological polar surface area (TPSA) is 12.0 Å². The minimum absolute atomic E-state index is 0.269. The van der Waals surface area contributed by atoms with Crippen LogP contribution in [0.25, 0.3) is 0 Å². The monoisotopic (exact) mass is 303 g/mol. The van der Waals surface area contributed by atoms with Gasteiger partial charge in [0.1, 0.15) is 5.82 Å². The quantitative estimate of drug-likeness (QED) is 0.800. The Balaban J connectivity index is 1.82. The van der Waals surface area contributed by atoms with Crippen molar-refractivity contribution in [3.63, 3.8) is 0 Å². The number of thiophene rings is 1. The van der Waals surface area contributed by atoms with Gasteiger partial charge in [0, 0.05) is 28.6 Å². The molecule has 0 bridgehead atoms. The fourth-order valence-electron chi connectivity index (χ4n) is 1.61. The van der Waals surface area contributed by atoms with Gasteiger partial charge in [-0.25, -0.2) is 4.39 Å². The summed E-state index contributed by atoms with van der Waals surface area (Å²) >= 11 is 13.3. The van der Waals surface area contributed by atoms with Gasteiger partial charge in [0.25, 0.3) is 0 Å². The van der Waals surface area contributed by atoms with Gasteiger partial charge in [0.2, 0.25) is 0 Å². The molecule has 0 saturated carbocycles. The Morgan fingerprint density at radius 2 is 2.00 bits per heavy atom. The molecule has 5 heteroatoms. The van der Waals surface area contributed by atoms with Crippen LogP contribution in [0.4, 0.5) is 4.39 Å². The van der Waals surface area contributed by atoms with E-state index in [1.807, 2.05) is 12.1 Å². The van der Waals surface area contributed by atoms with Crippen LogP contribution >= 0.6 is 34.5 Å². The van der Waals surface area contributed by atoms with Gasteiger partial charge >= 0.3 is 0 Å². The van der Waals surface area contributed by atoms with Crippen LogP contribution in [-0.2, 0) is 13.0 Å². The number of halogens is 3. The average Bonchev–Trinajstić information content (AvgIpc) is 2.73. The summed E-state index contributed by atoms with van der Waals surface area (Å²) < 4.78 is 14.3. The summed E-state index contributed by atoms with van der Waals surface area (Å²) in [5.41, 5.74) is 0.517. The van der Waals surface area contributed by atoms with E-state index in [2.05, 4.69) is 5.32 Å². The third-order valence-electron chi connectivity index (χ3n) is 2.54. The van der Waals surface area contributed by atoms with Crippen LogP contribution in [0.1, 0.15) is 10.4 Å². The second-order valence-electron chi connectivity index (χ2n) is 3.83. The molecular formula is C13H12Cl2FNS. The largest absolute Gasteiger partial charge is 0.312 e. The molecule has 0 aliphatic heterocycles. The van der Waals surface area contributed by atoms with E-state index in [0.29, 0.717) is 17.1 Å². The Labute approximate surface area is 120 Å². The van der Waals surface area contributed by atoms with Crippen LogP contribution in [-0.4, -0.2) is 6.54 Å². The van der Waals surface area contributed by atoms with Crippen LogP contribution in [0, 0.1) is 5.82 Å². The van der Waals surface area contributed by atoms with E-state index in [4.69, 9.17) is 23.2 Å². The Bertz CT molecular complexity index is 507. The van der Waals surface area contributed by atoms with Gasteiger partial charge in [-0.15, -0.1) is 11.3 Å². The van der Waals surface area contributed by atoms with Gasteiger partial charge in [-0.05, 0) is 30.7 Å². The Kier molecular flexibility index (Phi) is 5.01. The zero-order valence-corrected chi connectivity index (χ0v) is 11.9. The lowest BCUT2D eigenvalue weighted by Crippen LogP contribution is -2.17. The predicted molar refractivity (Wildman–Crippen MR) is 76.1 cm³/mol. The van der Waals surface area contributed by atoms with E-state index in [-0.39, 0.29) is 5.82 Å². The summed E-state index contributed by atoms with van der Waals surface area (Å²) in [6.07, 6.45) is 0.878. The summed E-state index contributed by atoms with van der Waals surface area (Å²) in [4.78, 5) is 1.21. The molecule has 1 nitrogen and oxygen atoms in total. The molecule has 0 radical (unpaired) electrons. The van der Waals surface area contributed by atoms with Crippen LogP contribution in [0.3, 0.4) is 0 Å². The molecule has 0 fully saturated rings. The first-order valence-electron chi connectivity index (χ1n) is 5.54. The van der Waals surface area contributed by atoms with Crippen LogP contribution in [0.2, 0.25) is 9.36 Å². The first-order valence-corrected chi connectivity index (χ1v) is 7.12. The van der Waals surface area contributed by atoms with Crippen LogP contribution < -0.4 is 5.32 Å². The fourth-order valence-corrected chi connectivity index (χ4v) is 2.93. The van der Waals surface area contributed by atoms with E-state index < -0.39 is 0 Å². The number of hydrogen-bond donors (Lipinski definition) is 1. The molecule has 0 aliphatic rings. The predicted octanol–water partition coefficient (Wildman–Crippen LogP) is 4.53. The van der Waals surface area contributed by atoms with E-state index >= 15 is 0 Å². The molecule has 1 aromatic heterocycles. The molecule has 2 rings (SSSR count). The third-order valence-corrected chi connectivity index (χ3v) is 4.19. The normalized spacial score (nSPS) is 10.8. The highest BCUT2D eigenvalue weighted by atomic mass is 35.5. The van der Waals surface area contributed by atoms with E-state index in [9.17, 15) is 4.39 Å². The minimum Gasteiger partial charge on any atom is -0.312 e. The highest BCUT2D eigenvalue weighted by molar-refractivity contribution is 7.16. The van der Waals surface area contributed by atoms with E-state index in [1.54, 1.807) is 23.5 Å². The number of benzene rings is 1. The fraction of sp³-hybridized carbons (Fsp3) is 0.231. The van der Waals surface area contributed by atoms with Crippen molar-refractivity contribution >= 4 is 34.5 Å². The van der Waals surface area contributed by atoms with E-state index in [0.717, 1.165) is 17.3 Å². The summed E-state index contributed by atoms with van der Waals surface area (Å²) in [5, 5.41) is 3.64. The molecule has 0 spiro atoms. The van der Waals surface area contributed by atoms with Crippen molar-refractivity contribution in [1.29, 1.82) is 0 Å². The molecule has 96 valence electrons. The minimum atomic E-state index is -0.269. The van der Waals surface area contributed by atoms with Gasteiger partial charge in [0.05, 0.1) is 4.34 Å². The van der Waals surface area contributed by atoms with Crippen molar-refractivity contribution in [2.75, 3.05) is 6.54 Å². The zero-order chi connectivity index (χ0) is 13.0. The second-order valence-corrected chi connectivity index (χ2v) is 6.04. The zero-order valence-electron chi connectivity index (χ0n) is 9.55. The second kappa shape index (κ2) is 6.53. The standard InChI is InChI=1S/C13H12Cl2FNS/c14-11-2-1-3-12(16)10(11)8-17-7-6-9-4-5-13(15)18-9/h1-5,17H,6-8H2. The molecule has 1 heterocycles. The Morgan fingerprint density at radius 3 is 2.67 bits per heavy atom. The van der Waals surface area contributed by atoms with Gasteiger partial charge in [-0.3, -0.25) is 0 Å². The summed E-state index contributed by atoms with van der Waals surface area (Å²) in [6.45, 7) is 1.20. The van der Waals surface area contributed by atoms with Crippen molar-refractivity contribution in [3.05, 3.63) is 55.9 Å². The first kappa shape index (κ1) is 13.8. The maximum atomic E-state index is 13.5. The van der Waals surface area contributed by atoms with E-state index in [1.165, 1.54) is 10.9 Å². The maximum Gasteiger partial charge on any atom is 0.129 e. The molecule has 0 saturated heterocycles. The highest BCUT2D eigenvalue weighted by Crippen LogP contribution is 2.22. The average molecular weight is 304 g/mol. The van der Waals surface area contributed by atoms with Crippen molar-refractivity contribution in [1.82, 2.24) is 5.32 Å². The molecule has 0 atom stereocenters. The van der Waals surface area contributed by atoms with Gasteiger partial charge < -0.3 is 5.32 Å². The summed E-state index contributed by atoms with van der Waals surface area (Å²) in [6, 6.07) is 8.61. The lowest BCUT2D eigenvalue weighted by molar-refractivity contribution is 0.589.